The molecule has 12 heteroatoms. The van der Waals surface area contributed by atoms with Crippen molar-refractivity contribution >= 4 is 36.8 Å². The topological polar surface area (TPSA) is 83.5 Å². The van der Waals surface area contributed by atoms with Crippen molar-refractivity contribution in [3.63, 3.8) is 0 Å². The number of benzene rings is 1. The van der Waals surface area contributed by atoms with Crippen LogP contribution in [0.2, 0.25) is 18.1 Å². The lowest BCUT2D eigenvalue weighted by molar-refractivity contribution is -0.161. The van der Waals surface area contributed by atoms with Crippen LogP contribution in [0.5, 0.6) is 0 Å². The molecule has 1 atom stereocenters. The number of alkyl halides is 2. The second kappa shape index (κ2) is 13.0. The van der Waals surface area contributed by atoms with Crippen LogP contribution in [0.1, 0.15) is 71.5 Å². The summed E-state index contributed by atoms with van der Waals surface area (Å²) in [6.07, 6.45) is 1.74. The van der Waals surface area contributed by atoms with Crippen LogP contribution in [0.25, 0.3) is 11.0 Å². The zero-order chi connectivity index (χ0) is 32.4. The standard InChI is InChI=1S/C32H45F3N6O2Si/c1-9-44(10-2,11-3)43-31(7,8)32(34,35)27-14-12-13-25(28(27)33)21(4)37-30-26-19-24(20-36-29(26)38-22(5)39-30)41-17-15-40(16-18-41)23(6)42/h12-14,19-21H,9-11,15-18H2,1-8H3,(H,36,37,38,39). The normalized spacial score (nSPS) is 15.5. The Hall–Kier alpha value is -3.25. The molecule has 2 aromatic heterocycles. The van der Waals surface area contributed by atoms with E-state index in [-0.39, 0.29) is 11.5 Å². The van der Waals surface area contributed by atoms with E-state index >= 15 is 13.2 Å². The smallest absolute Gasteiger partial charge is 0.302 e. The average molecular weight is 631 g/mol. The van der Waals surface area contributed by atoms with Crippen molar-refractivity contribution in [3.05, 3.63) is 53.2 Å². The third-order valence-corrected chi connectivity index (χ3v) is 13.9. The Morgan fingerprint density at radius 3 is 2.32 bits per heavy atom. The summed E-state index contributed by atoms with van der Waals surface area (Å²) in [5, 5.41) is 3.88. The van der Waals surface area contributed by atoms with Gasteiger partial charge in [-0.15, -0.1) is 0 Å². The van der Waals surface area contributed by atoms with Gasteiger partial charge in [0.25, 0.3) is 0 Å². The van der Waals surface area contributed by atoms with E-state index < -0.39 is 37.3 Å². The zero-order valence-corrected chi connectivity index (χ0v) is 28.1. The van der Waals surface area contributed by atoms with E-state index in [9.17, 15) is 4.79 Å². The predicted molar refractivity (Wildman–Crippen MR) is 171 cm³/mol. The Kier molecular flexibility index (Phi) is 9.94. The fourth-order valence-electron chi connectivity index (χ4n) is 5.98. The maximum absolute atomic E-state index is 16.1. The lowest BCUT2D eigenvalue weighted by atomic mass is 9.91. The molecule has 0 aliphatic carbocycles. The number of carbonyl (C=O) groups excluding carboxylic acids is 1. The van der Waals surface area contributed by atoms with Crippen LogP contribution in [0.4, 0.5) is 24.7 Å². The number of hydrogen-bond acceptors (Lipinski definition) is 7. The number of pyridine rings is 1. The van der Waals surface area contributed by atoms with Crippen LogP contribution in [-0.2, 0) is 15.1 Å². The molecule has 8 nitrogen and oxygen atoms in total. The third kappa shape index (κ3) is 6.56. The van der Waals surface area contributed by atoms with Gasteiger partial charge in [-0.25, -0.2) is 19.3 Å². The van der Waals surface area contributed by atoms with Crippen LogP contribution in [-0.4, -0.2) is 65.9 Å². The molecule has 0 bridgehead atoms. The summed E-state index contributed by atoms with van der Waals surface area (Å²) < 4.78 is 54.6. The Balaban J connectivity index is 1.64. The van der Waals surface area contributed by atoms with E-state index in [0.717, 1.165) is 11.8 Å². The van der Waals surface area contributed by atoms with Crippen LogP contribution < -0.4 is 10.2 Å². The van der Waals surface area contributed by atoms with E-state index in [0.29, 0.717) is 67.0 Å². The highest BCUT2D eigenvalue weighted by Gasteiger charge is 2.54. The first-order chi connectivity index (χ1) is 20.7. The highest BCUT2D eigenvalue weighted by atomic mass is 28.4. The van der Waals surface area contributed by atoms with Crippen molar-refractivity contribution in [1.29, 1.82) is 0 Å². The number of hydrogen-bond donors (Lipinski definition) is 1. The van der Waals surface area contributed by atoms with Crippen molar-refractivity contribution in [1.82, 2.24) is 19.9 Å². The second-order valence-corrected chi connectivity index (χ2v) is 16.9. The number of amides is 1. The first-order valence-corrected chi connectivity index (χ1v) is 18.0. The Labute approximate surface area is 259 Å². The zero-order valence-electron chi connectivity index (χ0n) is 27.1. The van der Waals surface area contributed by atoms with Gasteiger partial charge >= 0.3 is 5.92 Å². The molecule has 1 fully saturated rings. The molecular formula is C32H45F3N6O2Si. The SMILES string of the molecule is CC[Si](CC)(CC)OC(C)(C)C(F)(F)c1cccc(C(C)Nc2nc(C)nc3ncc(N4CCN(C(C)=O)CC4)cc23)c1F. The van der Waals surface area contributed by atoms with Gasteiger partial charge in [0.1, 0.15) is 23.1 Å². The number of anilines is 2. The average Bonchev–Trinajstić information content (AvgIpc) is 2.99. The molecule has 0 spiro atoms. The number of rotatable bonds is 11. The molecule has 3 aromatic rings. The highest BCUT2D eigenvalue weighted by Crippen LogP contribution is 2.46. The molecule has 44 heavy (non-hydrogen) atoms. The van der Waals surface area contributed by atoms with Gasteiger partial charge < -0.3 is 19.5 Å². The molecule has 0 radical (unpaired) electrons. The van der Waals surface area contributed by atoms with Crippen molar-refractivity contribution in [3.8, 4) is 0 Å². The summed E-state index contributed by atoms with van der Waals surface area (Å²) in [4.78, 5) is 29.3. The van der Waals surface area contributed by atoms with Crippen molar-refractivity contribution in [2.75, 3.05) is 36.4 Å². The fraction of sp³-hybridized carbons (Fsp3) is 0.562. The lowest BCUT2D eigenvalue weighted by Gasteiger charge is -2.42. The molecule has 1 aromatic carbocycles. The fourth-order valence-corrected chi connectivity index (χ4v) is 9.12. The Morgan fingerprint density at radius 2 is 1.73 bits per heavy atom. The minimum atomic E-state index is -3.58. The van der Waals surface area contributed by atoms with Gasteiger partial charge in [0.05, 0.1) is 28.9 Å². The van der Waals surface area contributed by atoms with Gasteiger partial charge in [0.15, 0.2) is 14.0 Å². The Morgan fingerprint density at radius 1 is 1.09 bits per heavy atom. The lowest BCUT2D eigenvalue weighted by Crippen LogP contribution is -2.52. The largest absolute Gasteiger partial charge is 0.405 e. The molecule has 1 aliphatic heterocycles. The molecule has 1 N–H and O–H groups in total. The Bertz CT molecular complexity index is 1480. The van der Waals surface area contributed by atoms with Crippen LogP contribution in [0, 0.1) is 12.7 Å². The minimum absolute atomic E-state index is 0.0497. The molecule has 240 valence electrons. The van der Waals surface area contributed by atoms with Crippen LogP contribution in [0.3, 0.4) is 0 Å². The number of aryl methyl sites for hydroxylation is 1. The first-order valence-electron chi connectivity index (χ1n) is 15.5. The van der Waals surface area contributed by atoms with Gasteiger partial charge in [-0.05, 0) is 58.0 Å². The van der Waals surface area contributed by atoms with Crippen LogP contribution in [0.15, 0.2) is 30.5 Å². The monoisotopic (exact) mass is 630 g/mol. The van der Waals surface area contributed by atoms with E-state index in [2.05, 4.69) is 25.2 Å². The first kappa shape index (κ1) is 33.6. The van der Waals surface area contributed by atoms with E-state index in [1.54, 1.807) is 31.9 Å². The summed E-state index contributed by atoms with van der Waals surface area (Å²) in [6.45, 7) is 16.2. The van der Waals surface area contributed by atoms with Gasteiger partial charge in [0.2, 0.25) is 5.91 Å². The summed E-state index contributed by atoms with van der Waals surface area (Å²) >= 11 is 0. The molecular weight excluding hydrogens is 585 g/mol. The van der Waals surface area contributed by atoms with Gasteiger partial charge in [-0.2, -0.15) is 8.78 Å². The summed E-state index contributed by atoms with van der Waals surface area (Å²) in [5.41, 5.74) is -1.16. The maximum atomic E-state index is 16.1. The number of carbonyl (C=O) groups is 1. The number of nitrogens with zero attached hydrogens (tertiary/aromatic N) is 5. The van der Waals surface area contributed by atoms with E-state index in [1.807, 2.05) is 26.8 Å². The second-order valence-electron chi connectivity index (χ2n) is 12.2. The molecule has 4 rings (SSSR count). The minimum Gasteiger partial charge on any atom is -0.405 e. The predicted octanol–water partition coefficient (Wildman–Crippen LogP) is 7.21. The van der Waals surface area contributed by atoms with Crippen LogP contribution >= 0.6 is 0 Å². The molecule has 3 heterocycles. The number of aromatic nitrogens is 3. The molecule has 0 saturated carbocycles. The van der Waals surface area contributed by atoms with Crippen molar-refractivity contribution < 1.29 is 22.4 Å². The number of piperazine rings is 1. The van der Waals surface area contributed by atoms with Crippen molar-refractivity contribution in [2.24, 2.45) is 0 Å². The number of nitrogens with one attached hydrogen (secondary N) is 1. The van der Waals surface area contributed by atoms with Crippen molar-refractivity contribution in [2.45, 2.75) is 91.1 Å². The molecule has 1 saturated heterocycles. The molecule has 1 unspecified atom stereocenters. The van der Waals surface area contributed by atoms with Gasteiger partial charge in [-0.3, -0.25) is 4.79 Å². The molecule has 1 amide bonds. The van der Waals surface area contributed by atoms with Gasteiger partial charge in [0, 0.05) is 38.7 Å². The summed E-state index contributed by atoms with van der Waals surface area (Å²) in [5.74, 6) is -3.59. The number of halogens is 3. The molecule has 1 aliphatic rings. The van der Waals surface area contributed by atoms with E-state index in [1.165, 1.54) is 26.0 Å². The van der Waals surface area contributed by atoms with E-state index in [4.69, 9.17) is 4.43 Å². The summed E-state index contributed by atoms with van der Waals surface area (Å²) in [6, 6.07) is 7.47. The van der Waals surface area contributed by atoms with Gasteiger partial charge in [-0.1, -0.05) is 32.9 Å². The summed E-state index contributed by atoms with van der Waals surface area (Å²) in [7, 11) is -2.41. The quantitative estimate of drug-likeness (QED) is 0.224. The number of fused-ring (bicyclic) bond motifs is 1. The third-order valence-electron chi connectivity index (χ3n) is 9.09. The maximum Gasteiger partial charge on any atom is 0.302 e. The highest BCUT2D eigenvalue weighted by molar-refractivity contribution is 6.73.